The van der Waals surface area contributed by atoms with Crippen molar-refractivity contribution >= 4 is 11.6 Å². The van der Waals surface area contributed by atoms with Crippen molar-refractivity contribution in [2.24, 2.45) is 0 Å². The van der Waals surface area contributed by atoms with Gasteiger partial charge in [-0.3, -0.25) is 0 Å². The highest BCUT2D eigenvalue weighted by Gasteiger charge is 2.10. The summed E-state index contributed by atoms with van der Waals surface area (Å²) in [4.78, 5) is 0. The van der Waals surface area contributed by atoms with Crippen molar-refractivity contribution in [2.75, 3.05) is 7.11 Å². The Kier molecular flexibility index (Phi) is 4.52. The van der Waals surface area contributed by atoms with Crippen LogP contribution in [0.5, 0.6) is 5.75 Å². The number of hydrogen-bond donors (Lipinski definition) is 0. The van der Waals surface area contributed by atoms with Gasteiger partial charge < -0.3 is 4.74 Å². The van der Waals surface area contributed by atoms with E-state index in [4.69, 9.17) is 16.3 Å². The van der Waals surface area contributed by atoms with Gasteiger partial charge in [0.15, 0.2) is 0 Å². The minimum Gasteiger partial charge on any atom is -0.496 e. The minimum atomic E-state index is 0.339. The van der Waals surface area contributed by atoms with Crippen LogP contribution >= 0.6 is 11.6 Å². The van der Waals surface area contributed by atoms with E-state index in [1.54, 1.807) is 7.11 Å². The topological polar surface area (TPSA) is 9.23 Å². The highest BCUT2D eigenvalue weighted by Crippen LogP contribution is 2.30. The highest BCUT2D eigenvalue weighted by molar-refractivity contribution is 6.30. The van der Waals surface area contributed by atoms with Crippen molar-refractivity contribution in [3.8, 4) is 17.6 Å². The van der Waals surface area contributed by atoms with Crippen LogP contribution in [-0.4, -0.2) is 7.11 Å². The van der Waals surface area contributed by atoms with Crippen molar-refractivity contribution < 1.29 is 4.74 Å². The predicted octanol–water partition coefficient (Wildman–Crippen LogP) is 3.87. The first-order chi connectivity index (χ1) is 7.19. The van der Waals surface area contributed by atoms with Gasteiger partial charge in [0.1, 0.15) is 5.75 Å². The van der Waals surface area contributed by atoms with Crippen LogP contribution < -0.4 is 4.74 Å². The molecule has 0 bridgehead atoms. The fraction of sp³-hybridized carbons (Fsp3) is 0.385. The Bertz CT molecular complexity index is 387. The third kappa shape index (κ3) is 3.18. The summed E-state index contributed by atoms with van der Waals surface area (Å²) in [6.45, 7) is 3.97. The first-order valence-corrected chi connectivity index (χ1v) is 5.30. The van der Waals surface area contributed by atoms with E-state index in [1.165, 1.54) is 0 Å². The molecule has 0 aromatic heterocycles. The number of halogens is 1. The van der Waals surface area contributed by atoms with Gasteiger partial charge in [-0.25, -0.2) is 0 Å². The molecule has 0 spiro atoms. The molecule has 1 unspecified atom stereocenters. The standard InChI is InChI=1S/C13H15ClO/c1-4-5-6-10(2)12-9-11(14)7-8-13(12)15-3/h7-10H,6H2,1-3H3. The third-order valence-electron chi connectivity index (χ3n) is 2.31. The second-order valence-corrected chi connectivity index (χ2v) is 3.85. The number of benzene rings is 1. The fourth-order valence-corrected chi connectivity index (χ4v) is 1.64. The van der Waals surface area contributed by atoms with E-state index in [-0.39, 0.29) is 0 Å². The lowest BCUT2D eigenvalue weighted by Gasteiger charge is -2.13. The molecule has 2 heteroatoms. The molecule has 15 heavy (non-hydrogen) atoms. The maximum Gasteiger partial charge on any atom is 0.122 e. The molecule has 0 N–H and O–H groups in total. The van der Waals surface area contributed by atoms with Gasteiger partial charge >= 0.3 is 0 Å². The Morgan fingerprint density at radius 1 is 1.47 bits per heavy atom. The van der Waals surface area contributed by atoms with Gasteiger partial charge in [-0.1, -0.05) is 18.5 Å². The molecule has 0 saturated heterocycles. The molecular formula is C13H15ClO. The number of rotatable bonds is 3. The highest BCUT2D eigenvalue weighted by atomic mass is 35.5. The van der Waals surface area contributed by atoms with Crippen molar-refractivity contribution in [2.45, 2.75) is 26.2 Å². The zero-order chi connectivity index (χ0) is 11.3. The van der Waals surface area contributed by atoms with Gasteiger partial charge in [0, 0.05) is 11.4 Å². The Morgan fingerprint density at radius 3 is 2.80 bits per heavy atom. The van der Waals surface area contributed by atoms with Gasteiger partial charge in [0.25, 0.3) is 0 Å². The smallest absolute Gasteiger partial charge is 0.122 e. The predicted molar refractivity (Wildman–Crippen MR) is 64.5 cm³/mol. The van der Waals surface area contributed by atoms with E-state index in [2.05, 4.69) is 18.8 Å². The van der Waals surface area contributed by atoms with E-state index in [9.17, 15) is 0 Å². The van der Waals surface area contributed by atoms with Crippen LogP contribution in [0.1, 0.15) is 31.7 Å². The van der Waals surface area contributed by atoms with Gasteiger partial charge in [-0.05, 0) is 36.6 Å². The lowest BCUT2D eigenvalue weighted by molar-refractivity contribution is 0.407. The molecule has 0 saturated carbocycles. The van der Waals surface area contributed by atoms with E-state index in [1.807, 2.05) is 25.1 Å². The Balaban J connectivity index is 2.97. The lowest BCUT2D eigenvalue weighted by Crippen LogP contribution is -1.97. The summed E-state index contributed by atoms with van der Waals surface area (Å²) < 4.78 is 5.29. The number of hydrogen-bond acceptors (Lipinski definition) is 1. The van der Waals surface area contributed by atoms with Crippen molar-refractivity contribution in [1.29, 1.82) is 0 Å². The molecule has 0 aliphatic carbocycles. The molecular weight excluding hydrogens is 208 g/mol. The quantitative estimate of drug-likeness (QED) is 0.706. The average molecular weight is 223 g/mol. The van der Waals surface area contributed by atoms with Gasteiger partial charge in [-0.15, -0.1) is 11.8 Å². The fourth-order valence-electron chi connectivity index (χ4n) is 1.46. The van der Waals surface area contributed by atoms with Gasteiger partial charge in [-0.2, -0.15) is 0 Å². The summed E-state index contributed by atoms with van der Waals surface area (Å²) in [5.74, 6) is 7.18. The maximum atomic E-state index is 5.96. The zero-order valence-electron chi connectivity index (χ0n) is 9.30. The third-order valence-corrected chi connectivity index (χ3v) is 2.54. The van der Waals surface area contributed by atoms with Crippen molar-refractivity contribution in [3.05, 3.63) is 28.8 Å². The van der Waals surface area contributed by atoms with Gasteiger partial charge in [0.05, 0.1) is 7.11 Å². The summed E-state index contributed by atoms with van der Waals surface area (Å²) in [6, 6.07) is 5.68. The molecule has 1 aromatic carbocycles. The molecule has 1 nitrogen and oxygen atoms in total. The Labute approximate surface area is 96.4 Å². The van der Waals surface area contributed by atoms with Crippen LogP contribution in [0.25, 0.3) is 0 Å². The molecule has 0 aliphatic rings. The lowest BCUT2D eigenvalue weighted by atomic mass is 9.97. The normalized spacial score (nSPS) is 11.5. The zero-order valence-corrected chi connectivity index (χ0v) is 10.1. The summed E-state index contributed by atoms with van der Waals surface area (Å²) in [5.41, 5.74) is 1.12. The SMILES string of the molecule is CC#CCC(C)c1cc(Cl)ccc1OC. The number of methoxy groups -OCH3 is 1. The van der Waals surface area contributed by atoms with Crippen LogP contribution in [-0.2, 0) is 0 Å². The van der Waals surface area contributed by atoms with Crippen LogP contribution in [0.15, 0.2) is 18.2 Å². The molecule has 0 radical (unpaired) electrons. The Morgan fingerprint density at radius 2 is 2.20 bits per heavy atom. The first-order valence-electron chi connectivity index (χ1n) is 4.92. The summed E-state index contributed by atoms with van der Waals surface area (Å²) in [5, 5.41) is 0.738. The molecule has 1 rings (SSSR count). The van der Waals surface area contributed by atoms with Gasteiger partial charge in [0.2, 0.25) is 0 Å². The molecule has 0 heterocycles. The average Bonchev–Trinajstić information content (AvgIpc) is 2.25. The minimum absolute atomic E-state index is 0.339. The van der Waals surface area contributed by atoms with E-state index in [0.717, 1.165) is 22.8 Å². The first kappa shape index (κ1) is 11.9. The Hall–Kier alpha value is -1.13. The van der Waals surface area contributed by atoms with Crippen LogP contribution in [0.3, 0.4) is 0 Å². The molecule has 1 aromatic rings. The maximum absolute atomic E-state index is 5.96. The van der Waals surface area contributed by atoms with E-state index in [0.29, 0.717) is 5.92 Å². The van der Waals surface area contributed by atoms with E-state index < -0.39 is 0 Å². The second kappa shape index (κ2) is 5.68. The van der Waals surface area contributed by atoms with Crippen LogP contribution in [0.2, 0.25) is 5.02 Å². The van der Waals surface area contributed by atoms with E-state index >= 15 is 0 Å². The molecule has 1 atom stereocenters. The molecule has 0 aliphatic heterocycles. The van der Waals surface area contributed by atoms with Crippen LogP contribution in [0.4, 0.5) is 0 Å². The molecule has 80 valence electrons. The monoisotopic (exact) mass is 222 g/mol. The molecule has 0 amide bonds. The van der Waals surface area contributed by atoms with Crippen LogP contribution in [0, 0.1) is 11.8 Å². The summed E-state index contributed by atoms with van der Waals surface area (Å²) in [6.07, 6.45) is 0.827. The largest absolute Gasteiger partial charge is 0.496 e. The molecule has 0 fully saturated rings. The van der Waals surface area contributed by atoms with Crippen molar-refractivity contribution in [3.63, 3.8) is 0 Å². The summed E-state index contributed by atoms with van der Waals surface area (Å²) >= 11 is 5.96. The summed E-state index contributed by atoms with van der Waals surface area (Å²) in [7, 11) is 1.67. The second-order valence-electron chi connectivity index (χ2n) is 3.42. The number of ether oxygens (including phenoxy) is 1. The van der Waals surface area contributed by atoms with Crippen molar-refractivity contribution in [1.82, 2.24) is 0 Å².